The van der Waals surface area contributed by atoms with Gasteiger partial charge in [-0.1, -0.05) is 0 Å². The Kier molecular flexibility index (Phi) is 3.58. The molecule has 3 heterocycles. The van der Waals surface area contributed by atoms with Crippen molar-refractivity contribution in [3.05, 3.63) is 23.9 Å². The largest absolute Gasteiger partial charge is 0.333 e. The molecule has 0 aromatic heterocycles. The lowest BCUT2D eigenvalue weighted by Crippen LogP contribution is -2.52. The molecule has 0 bridgehead atoms. The summed E-state index contributed by atoms with van der Waals surface area (Å²) in [6.07, 6.45) is 4.94. The van der Waals surface area contributed by atoms with Crippen molar-refractivity contribution in [1.82, 2.24) is 15.1 Å². The number of carbonyl (C=O) groups is 1. The number of piperazine rings is 1. The predicted octanol–water partition coefficient (Wildman–Crippen LogP) is -0.696. The van der Waals surface area contributed by atoms with Crippen LogP contribution in [0.15, 0.2) is 28.3 Å². The van der Waals surface area contributed by atoms with Gasteiger partial charge in [-0.2, -0.15) is 0 Å². The summed E-state index contributed by atoms with van der Waals surface area (Å²) in [5.41, 5.74) is 0.571. The van der Waals surface area contributed by atoms with Gasteiger partial charge in [-0.05, 0) is 19.1 Å². The van der Waals surface area contributed by atoms with E-state index in [1.807, 2.05) is 11.8 Å². The Labute approximate surface area is 124 Å². The molecule has 3 aliphatic rings. The molecule has 21 heavy (non-hydrogen) atoms. The van der Waals surface area contributed by atoms with Gasteiger partial charge in [0.2, 0.25) is 0 Å². The Bertz CT molecular complexity index is 650. The highest BCUT2D eigenvalue weighted by atomic mass is 32.2. The number of hydrogen-bond donors (Lipinski definition) is 1. The van der Waals surface area contributed by atoms with Crippen molar-refractivity contribution in [3.8, 4) is 0 Å². The van der Waals surface area contributed by atoms with Crippen LogP contribution in [0.1, 0.15) is 6.92 Å². The first-order valence-corrected chi connectivity index (χ1v) is 8.58. The molecule has 0 unspecified atom stereocenters. The fraction of sp³-hybridized carbons (Fsp3) is 0.538. The maximum Gasteiger partial charge on any atom is 0.256 e. The highest BCUT2D eigenvalue weighted by molar-refractivity contribution is 7.90. The van der Waals surface area contributed by atoms with Crippen molar-refractivity contribution in [2.45, 2.75) is 13.0 Å². The van der Waals surface area contributed by atoms with Gasteiger partial charge in [0.25, 0.3) is 15.9 Å². The third kappa shape index (κ3) is 2.86. The monoisotopic (exact) mass is 310 g/mol. The molecule has 0 aromatic rings. The van der Waals surface area contributed by atoms with Gasteiger partial charge >= 0.3 is 0 Å². The number of amidine groups is 1. The van der Waals surface area contributed by atoms with Crippen LogP contribution in [0.3, 0.4) is 0 Å². The summed E-state index contributed by atoms with van der Waals surface area (Å²) < 4.78 is 26.6. The van der Waals surface area contributed by atoms with Gasteiger partial charge in [0, 0.05) is 38.4 Å². The van der Waals surface area contributed by atoms with Crippen LogP contribution in [-0.2, 0) is 14.8 Å². The molecular formula is C13H18N4O3S. The van der Waals surface area contributed by atoms with E-state index in [9.17, 15) is 13.2 Å². The molecule has 114 valence electrons. The zero-order chi connectivity index (χ0) is 15.0. The quantitative estimate of drug-likeness (QED) is 0.693. The minimum absolute atomic E-state index is 0.0206. The van der Waals surface area contributed by atoms with Crippen molar-refractivity contribution in [3.63, 3.8) is 0 Å². The maximum absolute atomic E-state index is 12.6. The first kappa shape index (κ1) is 14.3. The van der Waals surface area contributed by atoms with Gasteiger partial charge < -0.3 is 15.1 Å². The van der Waals surface area contributed by atoms with Crippen LogP contribution in [0.5, 0.6) is 0 Å². The lowest BCUT2D eigenvalue weighted by molar-refractivity contribution is -0.129. The first-order valence-electron chi connectivity index (χ1n) is 6.97. The fourth-order valence-corrected chi connectivity index (χ4v) is 3.61. The summed E-state index contributed by atoms with van der Waals surface area (Å²) in [6.45, 7) is 4.61. The molecule has 1 saturated heterocycles. The topological polar surface area (TPSA) is 82.1 Å². The van der Waals surface area contributed by atoms with E-state index in [2.05, 4.69) is 9.71 Å². The summed E-state index contributed by atoms with van der Waals surface area (Å²) in [7, 11) is -3.36. The SMILES string of the molecule is C[C@@H]1CNCCN1C(=O)C1=CN2CCS(=O)(=O)N=C2C=C1. The molecule has 0 spiro atoms. The Morgan fingerprint density at radius 3 is 2.95 bits per heavy atom. The van der Waals surface area contributed by atoms with E-state index in [4.69, 9.17) is 0 Å². The number of amides is 1. The zero-order valence-electron chi connectivity index (χ0n) is 11.8. The molecule has 0 aliphatic carbocycles. The molecular weight excluding hydrogens is 292 g/mol. The van der Waals surface area contributed by atoms with Crippen molar-refractivity contribution >= 4 is 21.8 Å². The average Bonchev–Trinajstić information content (AvgIpc) is 2.46. The highest BCUT2D eigenvalue weighted by Gasteiger charge is 2.29. The number of nitrogens with zero attached hydrogens (tertiary/aromatic N) is 3. The average molecular weight is 310 g/mol. The minimum Gasteiger partial charge on any atom is -0.333 e. The lowest BCUT2D eigenvalue weighted by Gasteiger charge is -2.35. The van der Waals surface area contributed by atoms with Gasteiger partial charge in [0.05, 0.1) is 11.3 Å². The van der Waals surface area contributed by atoms with Crippen molar-refractivity contribution < 1.29 is 13.2 Å². The number of nitrogens with one attached hydrogen (secondary N) is 1. The Hall–Kier alpha value is -1.67. The van der Waals surface area contributed by atoms with Crippen molar-refractivity contribution in [2.24, 2.45) is 4.40 Å². The van der Waals surface area contributed by atoms with E-state index in [1.54, 1.807) is 23.3 Å². The minimum atomic E-state index is -3.36. The Morgan fingerprint density at radius 2 is 2.19 bits per heavy atom. The van der Waals surface area contributed by atoms with Gasteiger partial charge in [0.1, 0.15) is 5.84 Å². The van der Waals surface area contributed by atoms with E-state index < -0.39 is 10.0 Å². The number of rotatable bonds is 1. The fourth-order valence-electron chi connectivity index (χ4n) is 2.64. The molecule has 1 amide bonds. The summed E-state index contributed by atoms with van der Waals surface area (Å²) in [5.74, 6) is 0.339. The molecule has 1 atom stereocenters. The molecule has 7 nitrogen and oxygen atoms in total. The van der Waals surface area contributed by atoms with Gasteiger partial charge in [-0.15, -0.1) is 4.40 Å². The summed E-state index contributed by atoms with van der Waals surface area (Å²) in [6, 6.07) is 0.150. The van der Waals surface area contributed by atoms with Crippen LogP contribution in [0.4, 0.5) is 0 Å². The number of fused-ring (bicyclic) bond motifs is 1. The van der Waals surface area contributed by atoms with Gasteiger partial charge in [-0.3, -0.25) is 4.79 Å². The molecule has 8 heteroatoms. The number of sulfonamides is 1. The molecule has 1 N–H and O–H groups in total. The second-order valence-electron chi connectivity index (χ2n) is 5.40. The summed E-state index contributed by atoms with van der Waals surface area (Å²) in [5, 5.41) is 3.25. The molecule has 1 fully saturated rings. The number of hydrogen-bond acceptors (Lipinski definition) is 5. The Morgan fingerprint density at radius 1 is 1.38 bits per heavy atom. The highest BCUT2D eigenvalue weighted by Crippen LogP contribution is 2.18. The third-order valence-electron chi connectivity index (χ3n) is 3.83. The standard InChI is InChI=1S/C13H18N4O3S/c1-10-8-14-4-5-17(10)13(18)11-2-3-12-15-21(19,20)7-6-16(12)9-11/h2-3,9-10,14H,4-8H2,1H3/t10-/m1/s1. The molecule has 0 aromatic carbocycles. The van der Waals surface area contributed by atoms with Crippen LogP contribution < -0.4 is 5.32 Å². The van der Waals surface area contributed by atoms with Crippen LogP contribution in [0.25, 0.3) is 0 Å². The van der Waals surface area contributed by atoms with Crippen molar-refractivity contribution in [2.75, 3.05) is 31.9 Å². The normalized spacial score (nSPS) is 27.8. The molecule has 3 aliphatic heterocycles. The van der Waals surface area contributed by atoms with E-state index in [-0.39, 0.29) is 17.7 Å². The number of carbonyl (C=O) groups excluding carboxylic acids is 1. The van der Waals surface area contributed by atoms with Crippen LogP contribution in [-0.4, -0.2) is 67.9 Å². The van der Waals surface area contributed by atoms with Crippen molar-refractivity contribution in [1.29, 1.82) is 0 Å². The Balaban J connectivity index is 1.81. The van der Waals surface area contributed by atoms with Crippen LogP contribution >= 0.6 is 0 Å². The van der Waals surface area contributed by atoms with E-state index in [0.29, 0.717) is 24.5 Å². The predicted molar refractivity (Wildman–Crippen MR) is 79.2 cm³/mol. The second-order valence-corrected chi connectivity index (χ2v) is 7.15. The van der Waals surface area contributed by atoms with Gasteiger partial charge in [-0.25, -0.2) is 8.42 Å². The molecule has 0 radical (unpaired) electrons. The van der Waals surface area contributed by atoms with E-state index in [1.165, 1.54) is 0 Å². The zero-order valence-corrected chi connectivity index (χ0v) is 12.6. The van der Waals surface area contributed by atoms with E-state index >= 15 is 0 Å². The van der Waals surface area contributed by atoms with Crippen LogP contribution in [0.2, 0.25) is 0 Å². The molecule has 0 saturated carbocycles. The van der Waals surface area contributed by atoms with Crippen LogP contribution in [0, 0.1) is 0 Å². The molecule has 3 rings (SSSR count). The first-order chi connectivity index (χ1) is 9.96. The maximum atomic E-state index is 12.6. The van der Waals surface area contributed by atoms with E-state index in [0.717, 1.165) is 13.1 Å². The smallest absolute Gasteiger partial charge is 0.256 e. The summed E-state index contributed by atoms with van der Waals surface area (Å²) in [4.78, 5) is 16.1. The second kappa shape index (κ2) is 5.27. The third-order valence-corrected chi connectivity index (χ3v) is 5.00. The lowest BCUT2D eigenvalue weighted by atomic mass is 10.1. The van der Waals surface area contributed by atoms with Gasteiger partial charge in [0.15, 0.2) is 0 Å². The summed E-state index contributed by atoms with van der Waals surface area (Å²) >= 11 is 0.